The van der Waals surface area contributed by atoms with Gasteiger partial charge in [0.15, 0.2) is 0 Å². The van der Waals surface area contributed by atoms with Gasteiger partial charge in [0.25, 0.3) is 11.8 Å². The highest BCUT2D eigenvalue weighted by Crippen LogP contribution is 2.48. The Hall–Kier alpha value is -10.9. The van der Waals surface area contributed by atoms with Gasteiger partial charge in [0.1, 0.15) is 92.7 Å². The second-order valence-electron chi connectivity index (χ2n) is 21.7. The molecule has 4 N–H and O–H groups in total. The van der Waals surface area contributed by atoms with Crippen molar-refractivity contribution >= 4 is 77.4 Å². The number of methoxy groups -OCH3 is 4. The lowest BCUT2D eigenvalue weighted by molar-refractivity contribution is -0.143. The van der Waals surface area contributed by atoms with E-state index < -0.39 is 181 Å². The predicted molar refractivity (Wildman–Crippen MR) is 353 cm³/mol. The lowest BCUT2D eigenvalue weighted by Gasteiger charge is -2.20. The Labute approximate surface area is 613 Å². The molecule has 8 aromatic carbocycles. The van der Waals surface area contributed by atoms with Crippen molar-refractivity contribution in [3.63, 3.8) is 0 Å². The number of ether oxygens (including phenoxy) is 4. The zero-order valence-electron chi connectivity index (χ0n) is 55.9. The van der Waals surface area contributed by atoms with Gasteiger partial charge >= 0.3 is 36.6 Å². The maximum Gasteiger partial charge on any atom is 0.417 e. The van der Waals surface area contributed by atoms with E-state index in [-0.39, 0.29) is 55.5 Å². The zero-order valence-corrected chi connectivity index (χ0v) is 58.1. The fourth-order valence-corrected chi connectivity index (χ4v) is 11.3. The maximum atomic E-state index is 14.1. The molecule has 2 aromatic heterocycles. The lowest BCUT2D eigenvalue weighted by atomic mass is 9.92. The van der Waals surface area contributed by atoms with E-state index >= 15 is 0 Å². The van der Waals surface area contributed by atoms with Crippen molar-refractivity contribution in [1.29, 1.82) is 0 Å². The molecule has 37 heteroatoms. The molecule has 0 unspecified atom stereocenters. The Kier molecular flexibility index (Phi) is 28.3. The highest BCUT2D eigenvalue weighted by Gasteiger charge is 2.40. The molecule has 2 amide bonds. The molecule has 0 saturated carbocycles. The first-order chi connectivity index (χ1) is 51.0. The van der Waals surface area contributed by atoms with E-state index in [0.29, 0.717) is 41.3 Å². The van der Waals surface area contributed by atoms with E-state index in [0.717, 1.165) is 75.9 Å². The largest absolute Gasteiger partial charge is 0.507 e. The first kappa shape index (κ1) is 84.4. The molecule has 0 spiro atoms. The van der Waals surface area contributed by atoms with Gasteiger partial charge in [-0.2, -0.15) is 52.7 Å². The van der Waals surface area contributed by atoms with E-state index in [9.17, 15) is 116 Å². The van der Waals surface area contributed by atoms with Crippen LogP contribution in [-0.4, -0.2) is 91.6 Å². The number of carboxylic acids is 1. The Bertz CT molecular complexity index is 4960. The summed E-state index contributed by atoms with van der Waals surface area (Å²) in [7, 11) is 3.40. The number of pyridine rings is 2. The van der Waals surface area contributed by atoms with Gasteiger partial charge in [-0.1, -0.05) is 48.5 Å². The number of nitrogens with one attached hydrogen (secondary N) is 2. The molecule has 574 valence electrons. The van der Waals surface area contributed by atoms with Gasteiger partial charge in [-0.25, -0.2) is 44.7 Å². The fourth-order valence-electron chi connectivity index (χ4n) is 10.3. The number of halogens is 23. The quantitative estimate of drug-likeness (QED) is 0.0561. The van der Waals surface area contributed by atoms with Gasteiger partial charge < -0.3 is 39.8 Å². The Morgan fingerprint density at radius 1 is 0.472 bits per heavy atom. The number of phenolic OH excluding ortho intramolecular Hbond substituents is 1. The number of fused-ring (bicyclic) bond motifs is 2. The average molecular weight is 1680 g/mol. The minimum Gasteiger partial charge on any atom is -0.507 e. The maximum absolute atomic E-state index is 14.1. The molecule has 0 aliphatic heterocycles. The summed E-state index contributed by atoms with van der Waals surface area (Å²) in [6, 6.07) is 18.1. The number of carbonyl (C=O) groups excluding carboxylic acids is 3. The number of aromatic nitrogens is 2. The number of aromatic hydroxyl groups is 1. The van der Waals surface area contributed by atoms with Crippen molar-refractivity contribution in [3.8, 4) is 45.3 Å². The number of amides is 2. The van der Waals surface area contributed by atoms with Gasteiger partial charge in [0.2, 0.25) is 0 Å². The van der Waals surface area contributed by atoms with Crippen molar-refractivity contribution in [1.82, 2.24) is 20.6 Å². The molecule has 0 aliphatic rings. The summed E-state index contributed by atoms with van der Waals surface area (Å²) in [4.78, 5) is 58.1. The smallest absolute Gasteiger partial charge is 0.417 e. The van der Waals surface area contributed by atoms with E-state index in [1.165, 1.54) is 68.0 Å². The third kappa shape index (κ3) is 20.8. The summed E-state index contributed by atoms with van der Waals surface area (Å²) in [6.07, 6.45) is -17.2. The number of alkyl halides is 13. The van der Waals surface area contributed by atoms with Gasteiger partial charge in [-0.3, -0.25) is 23.9 Å². The van der Waals surface area contributed by atoms with Crippen molar-refractivity contribution < 1.29 is 142 Å². The summed E-state index contributed by atoms with van der Waals surface area (Å²) >= 11 is 5.21. The van der Waals surface area contributed by atoms with Crippen molar-refractivity contribution in [2.24, 2.45) is 0 Å². The number of nitrogens with zero attached hydrogens (tertiary/aromatic N) is 2. The first-order valence-electron chi connectivity index (χ1n) is 30.3. The van der Waals surface area contributed by atoms with Crippen molar-refractivity contribution in [2.45, 2.75) is 49.6 Å². The lowest BCUT2D eigenvalue weighted by Crippen LogP contribution is -2.43. The highest BCUT2D eigenvalue weighted by molar-refractivity contribution is 9.11. The Balaban J connectivity index is 0.000000248. The summed E-state index contributed by atoms with van der Waals surface area (Å²) in [5.41, 5.74) is -7.12. The summed E-state index contributed by atoms with van der Waals surface area (Å²) in [6.45, 7) is 0. The van der Waals surface area contributed by atoms with Crippen LogP contribution in [0.2, 0.25) is 0 Å². The average Bonchev–Trinajstić information content (AvgIpc) is 0.757. The third-order valence-corrected chi connectivity index (χ3v) is 16.6. The molecular weight excluding hydrogens is 1630 g/mol. The van der Waals surface area contributed by atoms with Crippen LogP contribution >= 0.6 is 31.9 Å². The van der Waals surface area contributed by atoms with Gasteiger partial charge in [0, 0.05) is 82.5 Å². The third-order valence-electron chi connectivity index (χ3n) is 14.9. The second-order valence-corrected chi connectivity index (χ2v) is 23.3. The van der Waals surface area contributed by atoms with Gasteiger partial charge in [0.05, 0.1) is 79.2 Å². The molecule has 0 bridgehead atoms. The number of hydrogen-bond acceptors (Lipinski definition) is 11. The molecule has 2 heterocycles. The Morgan fingerprint density at radius 2 is 0.806 bits per heavy atom. The van der Waals surface area contributed by atoms with E-state index in [1.807, 2.05) is 0 Å². The minimum absolute atomic E-state index is 0.0148. The van der Waals surface area contributed by atoms with Crippen LogP contribution in [-0.2, 0) is 51.9 Å². The molecule has 108 heavy (non-hydrogen) atoms. The fraction of sp³-hybridized carbons (Fsp3) is 0.183. The summed E-state index contributed by atoms with van der Waals surface area (Å²) in [5, 5.41) is 23.4. The standard InChI is InChI=1S/C28H20F6N2O4.C27H18F6N2O4.C8H5BrF4O.C7H3BrF4O.CH3F/c1-39-22-13-15(29)12-18(28(32,33)34)23(22)17-9-8-14(16-5-4-10-35-25(16)17)11-21(27(38)40-2)36-26(37)24-19(30)6-3-7-20(24)31;1-39-21-12-14(28)11-17(27(31,32)33)22(21)16-8-7-13(15-4-3-9-34-24(15)16)10-20(26(37)38)35-25(36)23-18(29)5-2-6-19(23)30;1-14-6-3-4(10)2-5(7(6)9)8(11,12)13;8-6-4(7(10,11)12)1-3(9)2-5(6)13;1-2/h3-10,12-13,21H,11H2,1-2H3,(H,36,37);2-9,11-12,20H,10H2,1H3,(H,35,36)(H,37,38);2-3H,1H3;1-2,13H;1H3/t21-;20-;;;/m00.../s1/i;;;;1D. The second kappa shape index (κ2) is 36.2. The molecule has 14 nitrogen and oxygen atoms in total. The van der Waals surface area contributed by atoms with Crippen LogP contribution in [0.25, 0.3) is 44.1 Å². The number of carboxylic acid groups (broad SMARTS) is 1. The van der Waals surface area contributed by atoms with Crippen molar-refractivity contribution in [3.05, 3.63) is 246 Å². The van der Waals surface area contributed by atoms with Gasteiger partial charge in [-0.15, -0.1) is 0 Å². The van der Waals surface area contributed by atoms with Crippen molar-refractivity contribution in [2.75, 3.05) is 35.6 Å². The van der Waals surface area contributed by atoms with Crippen LogP contribution < -0.4 is 24.8 Å². The van der Waals surface area contributed by atoms with Crippen LogP contribution in [0.15, 0.2) is 155 Å². The number of rotatable bonds is 15. The molecule has 10 aromatic rings. The molecule has 2 atom stereocenters. The molecule has 0 radical (unpaired) electrons. The van der Waals surface area contributed by atoms with E-state index in [4.69, 9.17) is 20.7 Å². The van der Waals surface area contributed by atoms with Crippen LogP contribution in [0, 0.1) is 46.5 Å². The van der Waals surface area contributed by atoms with E-state index in [2.05, 4.69) is 57.2 Å². The molecule has 10 rings (SSSR count). The van der Waals surface area contributed by atoms with Crippen LogP contribution in [0.4, 0.5) is 92.2 Å². The number of hydrogen-bond donors (Lipinski definition) is 4. The van der Waals surface area contributed by atoms with Gasteiger partial charge in [-0.05, 0) is 104 Å². The highest BCUT2D eigenvalue weighted by atomic mass is 79.9. The van der Waals surface area contributed by atoms with Crippen LogP contribution in [0.1, 0.15) is 55.5 Å². The topological polar surface area (TPSA) is 196 Å². The molecule has 0 saturated heterocycles. The number of carbonyl (C=O) groups is 4. The SMILES string of the molecule is COC(=O)[C@H](Cc1ccc(-c2c(OC)cc(F)cc2C(F)(F)F)c2ncccc12)NC(=O)c1c(F)cccc1F.COc1cc(F)cc(C(F)(F)F)c1-c1ccc(C[C@H](NC(=O)c2c(F)cccc2F)C(=O)O)c2cccnc12.COc1cc(F)cc(C(F)(F)F)c1Br.Oc1cc(F)cc(C(F)(F)F)c1Br.[2H]CF. The first-order valence-corrected chi connectivity index (χ1v) is 31.2. The number of phenols is 1. The minimum atomic E-state index is -4.95. The molecule has 0 aliphatic carbocycles. The van der Waals surface area contributed by atoms with Crippen LogP contribution in [0.5, 0.6) is 23.0 Å². The monoisotopic (exact) mass is 1680 g/mol. The summed E-state index contributed by atoms with van der Waals surface area (Å²) in [5.74, 6) is -15.8. The zero-order chi connectivity index (χ0) is 81.5. The number of esters is 1. The summed E-state index contributed by atoms with van der Waals surface area (Å²) < 4.78 is 300. The number of aliphatic carboxylic acids is 1. The Morgan fingerprint density at radius 3 is 1.16 bits per heavy atom. The predicted octanol–water partition coefficient (Wildman–Crippen LogP) is 19.1. The molecule has 0 fully saturated rings. The number of benzene rings is 8. The van der Waals surface area contributed by atoms with Crippen LogP contribution in [0.3, 0.4) is 0 Å². The van der Waals surface area contributed by atoms with E-state index in [1.54, 1.807) is 0 Å². The molecular formula is C71H49Br2F21N4O10. The normalized spacial score (nSPS) is 12.0.